The maximum absolute atomic E-state index is 11.4. The molecule has 3 nitrogen and oxygen atoms in total. The van der Waals surface area contributed by atoms with Crippen molar-refractivity contribution in [2.45, 2.75) is 33.2 Å². The standard InChI is InChI=1S/C14H20ClNO2/c1-5-18-12-7-6-11(8-10(12)2)14(3,4)16-13(17)9-15/h6-8H,5,9H2,1-4H3,(H,16,17). The van der Waals surface area contributed by atoms with Crippen LogP contribution >= 0.6 is 11.6 Å². The zero-order valence-electron chi connectivity index (χ0n) is 11.3. The third kappa shape index (κ3) is 3.64. The van der Waals surface area contributed by atoms with Crippen LogP contribution in [0, 0.1) is 6.92 Å². The van der Waals surface area contributed by atoms with Crippen molar-refractivity contribution in [3.8, 4) is 5.75 Å². The summed E-state index contributed by atoms with van der Waals surface area (Å²) in [7, 11) is 0. The fraction of sp³-hybridized carbons (Fsp3) is 0.500. The molecule has 1 amide bonds. The van der Waals surface area contributed by atoms with Gasteiger partial charge in [0.2, 0.25) is 5.91 Å². The van der Waals surface area contributed by atoms with Gasteiger partial charge in [0.25, 0.3) is 0 Å². The minimum atomic E-state index is -0.443. The molecule has 0 aliphatic carbocycles. The number of benzene rings is 1. The van der Waals surface area contributed by atoms with Gasteiger partial charge in [-0.05, 0) is 44.9 Å². The van der Waals surface area contributed by atoms with Crippen LogP contribution in [0.25, 0.3) is 0 Å². The van der Waals surface area contributed by atoms with Crippen molar-refractivity contribution in [2.24, 2.45) is 0 Å². The van der Waals surface area contributed by atoms with Gasteiger partial charge in [0.05, 0.1) is 12.1 Å². The lowest BCUT2D eigenvalue weighted by Crippen LogP contribution is -2.41. The largest absolute Gasteiger partial charge is 0.494 e. The van der Waals surface area contributed by atoms with Crippen molar-refractivity contribution in [2.75, 3.05) is 12.5 Å². The normalized spacial score (nSPS) is 11.2. The Bertz CT molecular complexity index is 430. The summed E-state index contributed by atoms with van der Waals surface area (Å²) in [4.78, 5) is 11.4. The smallest absolute Gasteiger partial charge is 0.235 e. The first-order valence-corrected chi connectivity index (χ1v) is 6.55. The summed E-state index contributed by atoms with van der Waals surface area (Å²) >= 11 is 5.51. The number of halogens is 1. The number of hydrogen-bond acceptors (Lipinski definition) is 2. The Balaban J connectivity index is 2.95. The number of amides is 1. The van der Waals surface area contributed by atoms with E-state index in [4.69, 9.17) is 16.3 Å². The predicted octanol–water partition coefficient (Wildman–Crippen LogP) is 2.98. The molecule has 1 aromatic rings. The number of hydrogen-bond donors (Lipinski definition) is 1. The van der Waals surface area contributed by atoms with Gasteiger partial charge in [-0.1, -0.05) is 12.1 Å². The van der Waals surface area contributed by atoms with Crippen molar-refractivity contribution < 1.29 is 9.53 Å². The molecule has 1 rings (SSSR count). The number of carbonyl (C=O) groups is 1. The van der Waals surface area contributed by atoms with Gasteiger partial charge in [0, 0.05) is 0 Å². The van der Waals surface area contributed by atoms with Gasteiger partial charge in [0.1, 0.15) is 11.6 Å². The van der Waals surface area contributed by atoms with Gasteiger partial charge in [0.15, 0.2) is 0 Å². The van der Waals surface area contributed by atoms with Crippen molar-refractivity contribution in [1.29, 1.82) is 0 Å². The van der Waals surface area contributed by atoms with E-state index in [1.54, 1.807) is 0 Å². The highest BCUT2D eigenvalue weighted by molar-refractivity contribution is 6.27. The summed E-state index contributed by atoms with van der Waals surface area (Å²) < 4.78 is 5.50. The SMILES string of the molecule is CCOc1ccc(C(C)(C)NC(=O)CCl)cc1C. The van der Waals surface area contributed by atoms with Crippen LogP contribution in [-0.4, -0.2) is 18.4 Å². The predicted molar refractivity (Wildman–Crippen MR) is 74.2 cm³/mol. The number of carbonyl (C=O) groups excluding carboxylic acids is 1. The molecule has 0 aliphatic rings. The molecule has 0 aromatic heterocycles. The molecule has 0 bridgehead atoms. The second kappa shape index (κ2) is 6.10. The molecule has 100 valence electrons. The average Bonchev–Trinajstić information content (AvgIpc) is 2.31. The van der Waals surface area contributed by atoms with Crippen LogP contribution in [0.3, 0.4) is 0 Å². The minimum absolute atomic E-state index is 0.0283. The molecule has 18 heavy (non-hydrogen) atoms. The summed E-state index contributed by atoms with van der Waals surface area (Å²) in [6, 6.07) is 5.93. The third-order valence-corrected chi connectivity index (χ3v) is 3.01. The first-order chi connectivity index (χ1) is 8.40. The molecule has 0 saturated heterocycles. The first kappa shape index (κ1) is 14.8. The van der Waals surface area contributed by atoms with Crippen molar-refractivity contribution >= 4 is 17.5 Å². The zero-order chi connectivity index (χ0) is 13.8. The molecule has 0 spiro atoms. The summed E-state index contributed by atoms with van der Waals surface area (Å²) in [5, 5.41) is 2.89. The van der Waals surface area contributed by atoms with E-state index in [0.29, 0.717) is 6.61 Å². The van der Waals surface area contributed by atoms with Crippen LogP contribution in [0.2, 0.25) is 0 Å². The highest BCUT2D eigenvalue weighted by Gasteiger charge is 2.23. The van der Waals surface area contributed by atoms with Crippen molar-refractivity contribution in [3.63, 3.8) is 0 Å². The highest BCUT2D eigenvalue weighted by atomic mass is 35.5. The Morgan fingerprint density at radius 3 is 2.61 bits per heavy atom. The van der Waals surface area contributed by atoms with E-state index >= 15 is 0 Å². The van der Waals surface area contributed by atoms with Gasteiger partial charge in [-0.2, -0.15) is 0 Å². The fourth-order valence-corrected chi connectivity index (χ4v) is 1.88. The van der Waals surface area contributed by atoms with Crippen molar-refractivity contribution in [1.82, 2.24) is 5.32 Å². The molecule has 1 N–H and O–H groups in total. The van der Waals surface area contributed by atoms with Crippen LogP contribution < -0.4 is 10.1 Å². The average molecular weight is 270 g/mol. The Kier molecular flexibility index (Phi) is 5.03. The van der Waals surface area contributed by atoms with E-state index in [0.717, 1.165) is 16.9 Å². The van der Waals surface area contributed by atoms with E-state index in [9.17, 15) is 4.79 Å². The molecule has 1 aromatic carbocycles. The summed E-state index contributed by atoms with van der Waals surface area (Å²) in [5.41, 5.74) is 1.64. The second-order valence-electron chi connectivity index (χ2n) is 4.72. The van der Waals surface area contributed by atoms with Crippen LogP contribution in [-0.2, 0) is 10.3 Å². The Labute approximate surface area is 113 Å². The van der Waals surface area contributed by atoms with E-state index in [-0.39, 0.29) is 11.8 Å². The molecular formula is C14H20ClNO2. The van der Waals surface area contributed by atoms with Gasteiger partial charge in [-0.25, -0.2) is 0 Å². The van der Waals surface area contributed by atoms with Crippen LogP contribution in [0.4, 0.5) is 0 Å². The molecule has 0 heterocycles. The molecule has 0 fully saturated rings. The number of alkyl halides is 1. The summed E-state index contributed by atoms with van der Waals surface area (Å²) in [5.74, 6) is 0.674. The van der Waals surface area contributed by atoms with Crippen LogP contribution in [0.1, 0.15) is 31.9 Å². The number of rotatable bonds is 5. The Hall–Kier alpha value is -1.22. The molecule has 4 heteroatoms. The topological polar surface area (TPSA) is 38.3 Å². The van der Waals surface area contributed by atoms with Crippen LogP contribution in [0.5, 0.6) is 5.75 Å². The lowest BCUT2D eigenvalue weighted by atomic mass is 9.92. The van der Waals surface area contributed by atoms with Gasteiger partial charge < -0.3 is 10.1 Å². The zero-order valence-corrected chi connectivity index (χ0v) is 12.1. The van der Waals surface area contributed by atoms with Crippen molar-refractivity contribution in [3.05, 3.63) is 29.3 Å². The second-order valence-corrected chi connectivity index (χ2v) is 4.99. The summed E-state index contributed by atoms with van der Waals surface area (Å²) in [6.07, 6.45) is 0. The third-order valence-electron chi connectivity index (χ3n) is 2.77. The minimum Gasteiger partial charge on any atom is -0.494 e. The maximum atomic E-state index is 11.4. The van der Waals surface area contributed by atoms with E-state index in [1.165, 1.54) is 0 Å². The summed E-state index contributed by atoms with van der Waals surface area (Å²) in [6.45, 7) is 8.50. The van der Waals surface area contributed by atoms with Crippen LogP contribution in [0.15, 0.2) is 18.2 Å². The molecule has 0 atom stereocenters. The van der Waals surface area contributed by atoms with E-state index in [2.05, 4.69) is 5.32 Å². The first-order valence-electron chi connectivity index (χ1n) is 6.01. The number of aryl methyl sites for hydroxylation is 1. The van der Waals surface area contributed by atoms with Gasteiger partial charge in [-0.15, -0.1) is 11.6 Å². The van der Waals surface area contributed by atoms with E-state index in [1.807, 2.05) is 45.9 Å². The molecule has 0 saturated carbocycles. The van der Waals surface area contributed by atoms with Gasteiger partial charge in [-0.3, -0.25) is 4.79 Å². The molecule has 0 radical (unpaired) electrons. The fourth-order valence-electron chi connectivity index (χ4n) is 1.81. The quantitative estimate of drug-likeness (QED) is 0.835. The Morgan fingerprint density at radius 1 is 1.44 bits per heavy atom. The number of ether oxygens (including phenoxy) is 1. The monoisotopic (exact) mass is 269 g/mol. The lowest BCUT2D eigenvalue weighted by molar-refractivity contribution is -0.120. The van der Waals surface area contributed by atoms with E-state index < -0.39 is 5.54 Å². The lowest BCUT2D eigenvalue weighted by Gasteiger charge is -2.27. The highest BCUT2D eigenvalue weighted by Crippen LogP contribution is 2.26. The Morgan fingerprint density at radius 2 is 2.11 bits per heavy atom. The molecular weight excluding hydrogens is 250 g/mol. The molecule has 0 unspecified atom stereocenters. The van der Waals surface area contributed by atoms with Gasteiger partial charge >= 0.3 is 0 Å². The molecule has 0 aliphatic heterocycles. The maximum Gasteiger partial charge on any atom is 0.235 e. The number of nitrogens with one attached hydrogen (secondary N) is 1.